The number of hydrogen-bond donors (Lipinski definition) is 1. The summed E-state index contributed by atoms with van der Waals surface area (Å²) in [6, 6.07) is 1.72. The fraction of sp³-hybridized carbons (Fsp3) is 0.111. The monoisotopic (exact) mass is 226 g/mol. The molecule has 2 aromatic heterocycles. The highest BCUT2D eigenvalue weighted by atomic mass is 35.5. The van der Waals surface area contributed by atoms with Crippen molar-refractivity contribution >= 4 is 28.7 Å². The summed E-state index contributed by atoms with van der Waals surface area (Å²) in [5.41, 5.74) is 0. The minimum absolute atomic E-state index is 0.0000463. The standard InChI is InChI=1S/C9H7ClN2OS/c10-6-1-4-14-9(6)7(13)5-8-11-2-3-12-8/h1-4H,5H2,(H,11,12). The first kappa shape index (κ1) is 9.43. The van der Waals surface area contributed by atoms with Crippen molar-refractivity contribution in [2.75, 3.05) is 0 Å². The maximum absolute atomic E-state index is 11.7. The molecule has 0 spiro atoms. The molecule has 2 aromatic rings. The van der Waals surface area contributed by atoms with Crippen LogP contribution in [0.5, 0.6) is 0 Å². The van der Waals surface area contributed by atoms with Crippen LogP contribution in [-0.2, 0) is 6.42 Å². The number of ketones is 1. The highest BCUT2D eigenvalue weighted by molar-refractivity contribution is 7.12. The van der Waals surface area contributed by atoms with Crippen LogP contribution in [0.1, 0.15) is 15.5 Å². The van der Waals surface area contributed by atoms with Crippen molar-refractivity contribution in [2.45, 2.75) is 6.42 Å². The molecule has 0 aliphatic rings. The van der Waals surface area contributed by atoms with E-state index in [0.29, 0.717) is 15.7 Å². The van der Waals surface area contributed by atoms with E-state index < -0.39 is 0 Å². The minimum atomic E-state index is -0.0000463. The highest BCUT2D eigenvalue weighted by Crippen LogP contribution is 2.23. The molecule has 0 aromatic carbocycles. The van der Waals surface area contributed by atoms with E-state index in [0.717, 1.165) is 0 Å². The lowest BCUT2D eigenvalue weighted by atomic mass is 10.2. The maximum Gasteiger partial charge on any atom is 0.181 e. The Bertz CT molecular complexity index is 435. The molecule has 0 radical (unpaired) electrons. The van der Waals surface area contributed by atoms with E-state index in [1.807, 2.05) is 0 Å². The van der Waals surface area contributed by atoms with E-state index in [-0.39, 0.29) is 12.2 Å². The molecule has 0 amide bonds. The molecule has 0 saturated carbocycles. The Morgan fingerprint density at radius 3 is 3.07 bits per heavy atom. The number of nitrogens with one attached hydrogen (secondary N) is 1. The van der Waals surface area contributed by atoms with Gasteiger partial charge in [0.05, 0.1) is 16.3 Å². The summed E-state index contributed by atoms with van der Waals surface area (Å²) in [4.78, 5) is 19.1. The number of carbonyl (C=O) groups excluding carboxylic acids is 1. The summed E-state index contributed by atoms with van der Waals surface area (Å²) in [5, 5.41) is 2.32. The van der Waals surface area contributed by atoms with Crippen molar-refractivity contribution in [1.82, 2.24) is 9.97 Å². The quantitative estimate of drug-likeness (QED) is 0.818. The molecule has 0 atom stereocenters. The molecular formula is C9H7ClN2OS. The highest BCUT2D eigenvalue weighted by Gasteiger charge is 2.13. The Morgan fingerprint density at radius 2 is 2.50 bits per heavy atom. The van der Waals surface area contributed by atoms with E-state index >= 15 is 0 Å². The molecule has 14 heavy (non-hydrogen) atoms. The van der Waals surface area contributed by atoms with E-state index in [9.17, 15) is 4.79 Å². The van der Waals surface area contributed by atoms with Crippen LogP contribution >= 0.6 is 22.9 Å². The molecule has 1 N–H and O–H groups in total. The summed E-state index contributed by atoms with van der Waals surface area (Å²) in [5.74, 6) is 0.666. The first-order valence-corrected chi connectivity index (χ1v) is 5.27. The van der Waals surface area contributed by atoms with Gasteiger partial charge in [0.1, 0.15) is 5.82 Å². The summed E-state index contributed by atoms with van der Waals surface area (Å²) in [6.45, 7) is 0. The fourth-order valence-electron chi connectivity index (χ4n) is 1.12. The number of rotatable bonds is 3. The third-order valence-electron chi connectivity index (χ3n) is 1.75. The molecule has 0 unspecified atom stereocenters. The lowest BCUT2D eigenvalue weighted by Gasteiger charge is -1.95. The Hall–Kier alpha value is -1.13. The maximum atomic E-state index is 11.7. The number of carbonyl (C=O) groups is 1. The number of H-pyrrole nitrogens is 1. The van der Waals surface area contributed by atoms with Crippen LogP contribution in [0.3, 0.4) is 0 Å². The lowest BCUT2D eigenvalue weighted by Crippen LogP contribution is -2.03. The largest absolute Gasteiger partial charge is 0.348 e. The van der Waals surface area contributed by atoms with Crippen molar-refractivity contribution in [3.63, 3.8) is 0 Å². The average molecular weight is 227 g/mol. The summed E-state index contributed by atoms with van der Waals surface area (Å²) in [6.07, 6.45) is 3.59. The molecule has 0 saturated heterocycles. The second-order valence-corrected chi connectivity index (χ2v) is 4.06. The van der Waals surface area contributed by atoms with Gasteiger partial charge in [-0.15, -0.1) is 11.3 Å². The topological polar surface area (TPSA) is 45.8 Å². The molecule has 3 nitrogen and oxygen atoms in total. The van der Waals surface area contributed by atoms with Gasteiger partial charge in [-0.2, -0.15) is 0 Å². The SMILES string of the molecule is O=C(Cc1ncc[nH]1)c1sccc1Cl. The van der Waals surface area contributed by atoms with E-state index in [4.69, 9.17) is 11.6 Å². The average Bonchev–Trinajstić information content (AvgIpc) is 2.75. The van der Waals surface area contributed by atoms with Gasteiger partial charge < -0.3 is 4.98 Å². The fourth-order valence-corrected chi connectivity index (χ4v) is 2.22. The first-order valence-electron chi connectivity index (χ1n) is 4.02. The van der Waals surface area contributed by atoms with Gasteiger partial charge in [-0.1, -0.05) is 11.6 Å². The third kappa shape index (κ3) is 1.86. The molecule has 0 fully saturated rings. The third-order valence-corrected chi connectivity index (χ3v) is 3.14. The van der Waals surface area contributed by atoms with Gasteiger partial charge in [0.25, 0.3) is 0 Å². The van der Waals surface area contributed by atoms with Crippen molar-refractivity contribution in [1.29, 1.82) is 0 Å². The van der Waals surface area contributed by atoms with E-state index in [2.05, 4.69) is 9.97 Å². The van der Waals surface area contributed by atoms with Crippen LogP contribution in [0, 0.1) is 0 Å². The number of hydrogen-bond acceptors (Lipinski definition) is 3. The van der Waals surface area contributed by atoms with Gasteiger partial charge in [-0.3, -0.25) is 4.79 Å². The normalized spacial score (nSPS) is 10.4. The molecular weight excluding hydrogens is 220 g/mol. The lowest BCUT2D eigenvalue weighted by molar-refractivity contribution is 0.0995. The number of imidazole rings is 1. The second-order valence-electron chi connectivity index (χ2n) is 2.73. The molecule has 5 heteroatoms. The van der Waals surface area contributed by atoms with Crippen LogP contribution in [0.15, 0.2) is 23.8 Å². The van der Waals surface area contributed by atoms with Gasteiger partial charge in [-0.05, 0) is 11.4 Å². The van der Waals surface area contributed by atoms with Crippen molar-refractivity contribution in [3.8, 4) is 0 Å². The zero-order valence-corrected chi connectivity index (χ0v) is 8.73. The number of Topliss-reactive ketones (excluding diaryl/α,β-unsaturated/α-hetero) is 1. The molecule has 0 aliphatic heterocycles. The molecule has 0 bridgehead atoms. The van der Waals surface area contributed by atoms with Crippen LogP contribution < -0.4 is 0 Å². The number of aromatic amines is 1. The molecule has 72 valence electrons. The van der Waals surface area contributed by atoms with Crippen LogP contribution in [0.4, 0.5) is 0 Å². The Balaban J connectivity index is 2.14. The first-order chi connectivity index (χ1) is 6.77. The zero-order chi connectivity index (χ0) is 9.97. The smallest absolute Gasteiger partial charge is 0.181 e. The second kappa shape index (κ2) is 3.94. The zero-order valence-electron chi connectivity index (χ0n) is 7.16. The van der Waals surface area contributed by atoms with Crippen LogP contribution in [0.2, 0.25) is 5.02 Å². The Morgan fingerprint density at radius 1 is 1.64 bits per heavy atom. The number of thiophene rings is 1. The predicted molar refractivity (Wildman–Crippen MR) is 56.0 cm³/mol. The minimum Gasteiger partial charge on any atom is -0.348 e. The summed E-state index contributed by atoms with van der Waals surface area (Å²) < 4.78 is 0. The molecule has 2 heterocycles. The predicted octanol–water partition coefficient (Wildman–Crippen LogP) is 2.55. The number of aromatic nitrogens is 2. The molecule has 2 rings (SSSR count). The van der Waals surface area contributed by atoms with Crippen molar-refractivity contribution in [3.05, 3.63) is 39.6 Å². The van der Waals surface area contributed by atoms with Gasteiger partial charge >= 0.3 is 0 Å². The van der Waals surface area contributed by atoms with E-state index in [1.54, 1.807) is 23.8 Å². The number of nitrogens with zero attached hydrogens (tertiary/aromatic N) is 1. The van der Waals surface area contributed by atoms with E-state index in [1.165, 1.54) is 11.3 Å². The van der Waals surface area contributed by atoms with Crippen LogP contribution in [-0.4, -0.2) is 15.8 Å². The molecule has 0 aliphatic carbocycles. The summed E-state index contributed by atoms with van der Waals surface area (Å²) in [7, 11) is 0. The van der Waals surface area contributed by atoms with Crippen molar-refractivity contribution < 1.29 is 4.79 Å². The van der Waals surface area contributed by atoms with Gasteiger partial charge in [0, 0.05) is 12.4 Å². The Kier molecular flexibility index (Phi) is 2.65. The van der Waals surface area contributed by atoms with Crippen LogP contribution in [0.25, 0.3) is 0 Å². The number of halogens is 1. The summed E-state index contributed by atoms with van der Waals surface area (Å²) >= 11 is 7.19. The van der Waals surface area contributed by atoms with Gasteiger partial charge in [-0.25, -0.2) is 4.98 Å². The van der Waals surface area contributed by atoms with Gasteiger partial charge in [0.2, 0.25) is 0 Å². The Labute approximate surface area is 89.8 Å². The van der Waals surface area contributed by atoms with Crippen molar-refractivity contribution in [2.24, 2.45) is 0 Å². The van der Waals surface area contributed by atoms with Gasteiger partial charge in [0.15, 0.2) is 5.78 Å².